The number of carbonyl (C=O) groups excluding carboxylic acids is 1. The molecule has 0 bridgehead atoms. The summed E-state index contributed by atoms with van der Waals surface area (Å²) in [7, 11) is 0. The maximum absolute atomic E-state index is 12.9. The first-order valence-corrected chi connectivity index (χ1v) is 11.1. The lowest BCUT2D eigenvalue weighted by Crippen LogP contribution is -2.32. The van der Waals surface area contributed by atoms with Crippen molar-refractivity contribution in [2.24, 2.45) is 4.99 Å². The lowest BCUT2D eigenvalue weighted by molar-refractivity contribution is -0.127. The molecule has 0 aliphatic carbocycles. The molecule has 2 aromatic carbocycles. The number of aryl methyl sites for hydroxylation is 2. The number of halogens is 1. The summed E-state index contributed by atoms with van der Waals surface area (Å²) in [6.45, 7) is 4.80. The number of oxazole rings is 1. The normalized spacial score (nSPS) is 17.6. The van der Waals surface area contributed by atoms with Crippen molar-refractivity contribution in [3.8, 4) is 11.3 Å². The van der Waals surface area contributed by atoms with Gasteiger partial charge < -0.3 is 4.42 Å². The number of nitrogens with zero attached hydrogens (tertiary/aromatic N) is 3. The lowest BCUT2D eigenvalue weighted by Gasteiger charge is -2.15. The second kappa shape index (κ2) is 9.06. The first-order valence-electron chi connectivity index (χ1n) is 9.81. The van der Waals surface area contributed by atoms with Gasteiger partial charge >= 0.3 is 0 Å². The highest BCUT2D eigenvalue weighted by molar-refractivity contribution is 8.14. The smallest absolute Gasteiger partial charge is 0.229 e. The summed E-state index contributed by atoms with van der Waals surface area (Å²) in [4.78, 5) is 23.7. The van der Waals surface area contributed by atoms with E-state index in [1.165, 1.54) is 0 Å². The van der Waals surface area contributed by atoms with Crippen molar-refractivity contribution < 1.29 is 9.21 Å². The molecule has 30 heavy (non-hydrogen) atoms. The average molecular weight is 440 g/mol. The molecule has 1 atom stereocenters. The van der Waals surface area contributed by atoms with Crippen LogP contribution in [-0.4, -0.2) is 32.8 Å². The van der Waals surface area contributed by atoms with E-state index in [2.05, 4.69) is 11.9 Å². The summed E-state index contributed by atoms with van der Waals surface area (Å²) >= 11 is 7.56. The minimum Gasteiger partial charge on any atom is -0.441 e. The molecule has 154 valence electrons. The zero-order valence-electron chi connectivity index (χ0n) is 16.8. The van der Waals surface area contributed by atoms with Gasteiger partial charge in [-0.25, -0.2) is 9.98 Å². The Balaban J connectivity index is 1.42. The molecular weight excluding hydrogens is 418 g/mol. The van der Waals surface area contributed by atoms with E-state index < -0.39 is 0 Å². The molecule has 4 rings (SSSR count). The Kier molecular flexibility index (Phi) is 6.25. The van der Waals surface area contributed by atoms with Gasteiger partial charge in [0.2, 0.25) is 5.91 Å². The number of thioether (sulfide) groups is 1. The summed E-state index contributed by atoms with van der Waals surface area (Å²) in [5, 5.41) is 1.74. The van der Waals surface area contributed by atoms with Crippen LogP contribution < -0.4 is 0 Å². The molecule has 1 saturated heterocycles. The van der Waals surface area contributed by atoms with Gasteiger partial charge in [-0.1, -0.05) is 42.4 Å². The van der Waals surface area contributed by atoms with Crippen LogP contribution >= 0.6 is 23.4 Å². The van der Waals surface area contributed by atoms with Crippen LogP contribution in [0, 0.1) is 6.92 Å². The summed E-state index contributed by atoms with van der Waals surface area (Å²) in [6, 6.07) is 15.4. The van der Waals surface area contributed by atoms with Gasteiger partial charge in [-0.05, 0) is 48.9 Å². The molecule has 0 spiro atoms. The molecule has 1 aliphatic heterocycles. The Labute approximate surface area is 185 Å². The summed E-state index contributed by atoms with van der Waals surface area (Å²) < 4.78 is 5.82. The maximum atomic E-state index is 12.9. The average Bonchev–Trinajstić information content (AvgIpc) is 3.33. The van der Waals surface area contributed by atoms with Crippen molar-refractivity contribution >= 4 is 40.1 Å². The number of benzene rings is 2. The molecular formula is C23H22ClN3O2S. The summed E-state index contributed by atoms with van der Waals surface area (Å²) in [6.07, 6.45) is 2.45. The van der Waals surface area contributed by atoms with Gasteiger partial charge in [-0.2, -0.15) is 0 Å². The first-order chi connectivity index (χ1) is 14.5. The van der Waals surface area contributed by atoms with Gasteiger partial charge in [0.05, 0.1) is 11.9 Å². The van der Waals surface area contributed by atoms with E-state index in [-0.39, 0.29) is 5.91 Å². The van der Waals surface area contributed by atoms with E-state index in [9.17, 15) is 4.79 Å². The van der Waals surface area contributed by atoms with Crippen molar-refractivity contribution in [2.75, 3.05) is 6.54 Å². The standard InChI is InChI=1S/C23H22ClN3O2S/c1-15-4-3-5-19(12-15)26-23-27(14-16(2)30-23)22(28)11-10-21-25-13-20(29-21)17-6-8-18(24)9-7-17/h3-9,12-13,16H,10-11,14H2,1-2H3. The minimum absolute atomic E-state index is 0.0319. The van der Waals surface area contributed by atoms with E-state index in [4.69, 9.17) is 21.0 Å². The van der Waals surface area contributed by atoms with E-state index in [1.54, 1.807) is 22.9 Å². The predicted octanol–water partition coefficient (Wildman–Crippen LogP) is 5.89. The fourth-order valence-corrected chi connectivity index (χ4v) is 4.41. The maximum Gasteiger partial charge on any atom is 0.229 e. The number of amides is 1. The number of carbonyl (C=O) groups is 1. The fraction of sp³-hybridized carbons (Fsp3) is 0.261. The van der Waals surface area contributed by atoms with Crippen LogP contribution in [0.2, 0.25) is 5.02 Å². The number of amidine groups is 1. The highest BCUT2D eigenvalue weighted by Crippen LogP contribution is 2.29. The van der Waals surface area contributed by atoms with Crippen LogP contribution in [-0.2, 0) is 11.2 Å². The van der Waals surface area contributed by atoms with E-state index in [1.807, 2.05) is 55.5 Å². The monoisotopic (exact) mass is 439 g/mol. The molecule has 0 radical (unpaired) electrons. The number of hydrogen-bond acceptors (Lipinski definition) is 5. The fourth-order valence-electron chi connectivity index (χ4n) is 3.24. The molecule has 5 nitrogen and oxygen atoms in total. The second-order valence-electron chi connectivity index (χ2n) is 7.29. The van der Waals surface area contributed by atoms with Crippen molar-refractivity contribution in [1.29, 1.82) is 0 Å². The van der Waals surface area contributed by atoms with Gasteiger partial charge in [-0.15, -0.1) is 0 Å². The van der Waals surface area contributed by atoms with Crippen molar-refractivity contribution in [3.63, 3.8) is 0 Å². The molecule has 3 aromatic rings. The van der Waals surface area contributed by atoms with Gasteiger partial charge in [-0.3, -0.25) is 9.69 Å². The topological polar surface area (TPSA) is 58.7 Å². The molecule has 2 heterocycles. The third-order valence-corrected chi connectivity index (χ3v) is 6.07. The number of aromatic nitrogens is 1. The van der Waals surface area contributed by atoms with Gasteiger partial charge in [0.25, 0.3) is 0 Å². The third-order valence-electron chi connectivity index (χ3n) is 4.74. The molecule has 1 unspecified atom stereocenters. The summed E-state index contributed by atoms with van der Waals surface area (Å²) in [5.41, 5.74) is 2.91. The lowest BCUT2D eigenvalue weighted by atomic mass is 10.2. The Morgan fingerprint density at radius 2 is 2.10 bits per heavy atom. The van der Waals surface area contributed by atoms with Crippen molar-refractivity contribution in [1.82, 2.24) is 9.88 Å². The van der Waals surface area contributed by atoms with Crippen LogP contribution in [0.1, 0.15) is 24.8 Å². The first kappa shape index (κ1) is 20.7. The quantitative estimate of drug-likeness (QED) is 0.497. The van der Waals surface area contributed by atoms with Crippen LogP contribution in [0.4, 0.5) is 5.69 Å². The van der Waals surface area contributed by atoms with Gasteiger partial charge in [0, 0.05) is 35.2 Å². The van der Waals surface area contributed by atoms with Crippen molar-refractivity contribution in [3.05, 3.63) is 71.2 Å². The third kappa shape index (κ3) is 4.94. The summed E-state index contributed by atoms with van der Waals surface area (Å²) in [5.74, 6) is 1.25. The highest BCUT2D eigenvalue weighted by Gasteiger charge is 2.30. The van der Waals surface area contributed by atoms with Gasteiger partial charge in [0.15, 0.2) is 16.8 Å². The van der Waals surface area contributed by atoms with Crippen LogP contribution in [0.3, 0.4) is 0 Å². The number of aliphatic imine (C=N–C) groups is 1. The zero-order chi connectivity index (χ0) is 21.1. The van der Waals surface area contributed by atoms with Crippen LogP contribution in [0.15, 0.2) is 64.1 Å². The van der Waals surface area contributed by atoms with Crippen molar-refractivity contribution in [2.45, 2.75) is 31.9 Å². The molecule has 7 heteroatoms. The van der Waals surface area contributed by atoms with Crippen LogP contribution in [0.25, 0.3) is 11.3 Å². The van der Waals surface area contributed by atoms with Crippen LogP contribution in [0.5, 0.6) is 0 Å². The molecule has 1 amide bonds. The molecule has 1 aromatic heterocycles. The highest BCUT2D eigenvalue weighted by atomic mass is 35.5. The van der Waals surface area contributed by atoms with E-state index >= 15 is 0 Å². The number of rotatable bonds is 5. The minimum atomic E-state index is 0.0319. The SMILES string of the molecule is Cc1cccc(N=C2SC(C)CN2C(=O)CCc2ncc(-c3ccc(Cl)cc3)o2)c1. The largest absolute Gasteiger partial charge is 0.441 e. The molecule has 1 fully saturated rings. The molecule has 0 saturated carbocycles. The number of hydrogen-bond donors (Lipinski definition) is 0. The zero-order valence-corrected chi connectivity index (χ0v) is 18.4. The molecule has 1 aliphatic rings. The second-order valence-corrected chi connectivity index (χ2v) is 9.13. The van der Waals surface area contributed by atoms with Gasteiger partial charge in [0.1, 0.15) is 0 Å². The Bertz CT molecular complexity index is 1080. The van der Waals surface area contributed by atoms with E-state index in [0.717, 1.165) is 22.0 Å². The predicted molar refractivity (Wildman–Crippen MR) is 122 cm³/mol. The van der Waals surface area contributed by atoms with E-state index in [0.29, 0.717) is 41.3 Å². The molecule has 0 N–H and O–H groups in total. The Morgan fingerprint density at radius 3 is 2.87 bits per heavy atom. The Morgan fingerprint density at radius 1 is 1.30 bits per heavy atom. The Hall–Kier alpha value is -2.57.